The Morgan fingerprint density at radius 1 is 1.00 bits per heavy atom. The normalized spacial score (nSPS) is 13.8. The third-order valence-electron chi connectivity index (χ3n) is 5.69. The number of hydrogen-bond donors (Lipinski definition) is 0. The first-order valence-electron chi connectivity index (χ1n) is 11.9. The molecule has 2 unspecified atom stereocenters. The van der Waals surface area contributed by atoms with Crippen LogP contribution in [0.1, 0.15) is 111 Å². The lowest BCUT2D eigenvalue weighted by Gasteiger charge is -2.30. The van der Waals surface area contributed by atoms with E-state index in [1.54, 1.807) is 6.08 Å². The van der Waals surface area contributed by atoms with Gasteiger partial charge in [0.2, 0.25) is 0 Å². The Hall–Kier alpha value is -0.610. The Kier molecular flexibility index (Phi) is 20.1. The quantitative estimate of drug-likeness (QED) is 0.111. The third-order valence-corrected chi connectivity index (χ3v) is 5.69. The highest BCUT2D eigenvalue weighted by Crippen LogP contribution is 2.23. The second-order valence-corrected chi connectivity index (χ2v) is 9.21. The summed E-state index contributed by atoms with van der Waals surface area (Å²) in [5.41, 5.74) is 0.685. The van der Waals surface area contributed by atoms with E-state index in [0.29, 0.717) is 0 Å². The molecule has 0 saturated heterocycles. The van der Waals surface area contributed by atoms with Crippen molar-refractivity contribution in [3.05, 3.63) is 24.3 Å². The van der Waals surface area contributed by atoms with Crippen molar-refractivity contribution < 1.29 is 9.53 Å². The topological polar surface area (TPSA) is 29.5 Å². The Balaban J connectivity index is 0. The number of hydrogen-bond acceptors (Lipinski definition) is 3. The lowest BCUT2D eigenvalue weighted by atomic mass is 9.98. The summed E-state index contributed by atoms with van der Waals surface area (Å²) in [6.45, 7) is 12.3. The fourth-order valence-electron chi connectivity index (χ4n) is 3.55. The Labute approximate surface area is 198 Å². The van der Waals surface area contributed by atoms with Gasteiger partial charge < -0.3 is 4.74 Å². The number of likely N-dealkylation sites (N-methyl/N-ethyl adjacent to an activating group) is 1. The van der Waals surface area contributed by atoms with Gasteiger partial charge in [-0.05, 0) is 60.2 Å². The van der Waals surface area contributed by atoms with Crippen LogP contribution < -0.4 is 0 Å². The predicted octanol–water partition coefficient (Wildman–Crippen LogP) is 8.04. The molecule has 0 aliphatic rings. The monoisotopic (exact) mass is 487 g/mol. The number of unbranched alkanes of at least 4 members (excludes halogenated alkanes) is 9. The van der Waals surface area contributed by atoms with Crippen LogP contribution in [0.15, 0.2) is 24.3 Å². The second-order valence-electron chi connectivity index (χ2n) is 9.21. The number of carbonyl (C=O) groups excluding carboxylic acids is 1. The zero-order chi connectivity index (χ0) is 22.1. The van der Waals surface area contributed by atoms with Gasteiger partial charge in [-0.2, -0.15) is 0 Å². The van der Waals surface area contributed by atoms with Gasteiger partial charge in [-0.1, -0.05) is 89.4 Å². The van der Waals surface area contributed by atoms with Crippen molar-refractivity contribution in [2.45, 2.75) is 123 Å². The molecule has 0 N–H and O–H groups in total. The van der Waals surface area contributed by atoms with Crippen LogP contribution in [0.4, 0.5) is 0 Å². The number of rotatable bonds is 18. The van der Waals surface area contributed by atoms with Crippen LogP contribution in [0.25, 0.3) is 0 Å². The van der Waals surface area contributed by atoms with Crippen molar-refractivity contribution in [1.29, 1.82) is 0 Å². The summed E-state index contributed by atoms with van der Waals surface area (Å²) >= 11 is 0. The summed E-state index contributed by atoms with van der Waals surface area (Å²) < 4.78 is 5.91. The van der Waals surface area contributed by atoms with E-state index in [2.05, 4.69) is 33.4 Å². The van der Waals surface area contributed by atoms with Gasteiger partial charge in [0.25, 0.3) is 0 Å². The molecule has 0 rings (SSSR count). The molecular weight excluding hydrogens is 438 g/mol. The molecule has 0 spiro atoms. The number of allylic oxidation sites excluding steroid dienone is 2. The fraction of sp³-hybridized carbons (Fsp3) is 0.808. The van der Waals surface area contributed by atoms with Crippen molar-refractivity contribution in [2.75, 3.05) is 14.1 Å². The van der Waals surface area contributed by atoms with Gasteiger partial charge in [0.15, 0.2) is 0 Å². The molecule has 0 aliphatic heterocycles. The molecule has 0 aromatic rings. The summed E-state index contributed by atoms with van der Waals surface area (Å²) in [5, 5.41) is 0. The van der Waals surface area contributed by atoms with Gasteiger partial charge in [0.1, 0.15) is 11.6 Å². The average molecular weight is 489 g/mol. The van der Waals surface area contributed by atoms with Crippen LogP contribution in [-0.4, -0.2) is 36.6 Å². The van der Waals surface area contributed by atoms with Gasteiger partial charge in [0, 0.05) is 0 Å². The fourth-order valence-corrected chi connectivity index (χ4v) is 3.55. The molecule has 0 radical (unpaired) electrons. The SMILES string of the molecule is Br.C=CC(C)(CCC=C(C)C)OC(=O)C(CCCCCCCCCCCC)N(C)C. The molecule has 0 amide bonds. The van der Waals surface area contributed by atoms with Crippen molar-refractivity contribution in [3.8, 4) is 0 Å². The van der Waals surface area contributed by atoms with Crippen LogP contribution in [-0.2, 0) is 9.53 Å². The molecular formula is C26H50BrNO2. The minimum absolute atomic E-state index is 0. The second kappa shape index (κ2) is 19.1. The highest BCUT2D eigenvalue weighted by molar-refractivity contribution is 8.93. The summed E-state index contributed by atoms with van der Waals surface area (Å²) in [7, 11) is 3.94. The van der Waals surface area contributed by atoms with Gasteiger partial charge >= 0.3 is 5.97 Å². The Bertz CT molecular complexity index is 472. The summed E-state index contributed by atoms with van der Waals surface area (Å²) in [5.74, 6) is -0.120. The minimum Gasteiger partial charge on any atom is -0.454 e. The zero-order valence-corrected chi connectivity index (χ0v) is 22.5. The first-order chi connectivity index (χ1) is 13.8. The number of nitrogens with zero attached hydrogens (tertiary/aromatic N) is 1. The molecule has 0 aromatic carbocycles. The molecule has 3 nitrogen and oxygen atoms in total. The molecule has 0 heterocycles. The van der Waals surface area contributed by atoms with Gasteiger partial charge in [-0.3, -0.25) is 9.69 Å². The molecule has 178 valence electrons. The Morgan fingerprint density at radius 2 is 1.50 bits per heavy atom. The van der Waals surface area contributed by atoms with Crippen LogP contribution >= 0.6 is 17.0 Å². The minimum atomic E-state index is -0.602. The summed E-state index contributed by atoms with van der Waals surface area (Å²) in [6.07, 6.45) is 19.6. The largest absolute Gasteiger partial charge is 0.454 e. The van der Waals surface area contributed by atoms with Crippen LogP contribution in [0.3, 0.4) is 0 Å². The maximum absolute atomic E-state index is 12.8. The number of halogens is 1. The van der Waals surface area contributed by atoms with Gasteiger partial charge in [-0.25, -0.2) is 0 Å². The molecule has 0 fully saturated rings. The van der Waals surface area contributed by atoms with Crippen molar-refractivity contribution >= 4 is 23.0 Å². The van der Waals surface area contributed by atoms with Gasteiger partial charge in [-0.15, -0.1) is 17.0 Å². The van der Waals surface area contributed by atoms with Crippen LogP contribution in [0, 0.1) is 0 Å². The van der Waals surface area contributed by atoms with Crippen molar-refractivity contribution in [2.24, 2.45) is 0 Å². The molecule has 4 heteroatoms. The maximum Gasteiger partial charge on any atom is 0.324 e. The molecule has 0 saturated carbocycles. The predicted molar refractivity (Wildman–Crippen MR) is 138 cm³/mol. The van der Waals surface area contributed by atoms with E-state index in [4.69, 9.17) is 4.74 Å². The van der Waals surface area contributed by atoms with Crippen LogP contribution in [0.2, 0.25) is 0 Å². The molecule has 2 atom stereocenters. The summed E-state index contributed by atoms with van der Waals surface area (Å²) in [6, 6.07) is -0.174. The molecule has 0 aliphatic carbocycles. The van der Waals surface area contributed by atoms with E-state index >= 15 is 0 Å². The van der Waals surface area contributed by atoms with E-state index < -0.39 is 5.60 Å². The molecule has 30 heavy (non-hydrogen) atoms. The average Bonchev–Trinajstić information content (AvgIpc) is 2.65. The lowest BCUT2D eigenvalue weighted by molar-refractivity contribution is -0.160. The Morgan fingerprint density at radius 3 is 1.93 bits per heavy atom. The highest BCUT2D eigenvalue weighted by Gasteiger charge is 2.30. The third kappa shape index (κ3) is 16.1. The first-order valence-corrected chi connectivity index (χ1v) is 11.9. The zero-order valence-electron chi connectivity index (χ0n) is 20.8. The standard InChI is InChI=1S/C26H49NO2.BrH/c1-8-10-11-12-13-14-15-16-17-18-21-24(27(6)7)25(28)29-26(5,9-2)22-19-20-23(3)4;/h9,20,24H,2,8,10-19,21-22H2,1,3-7H3;1H. The van der Waals surface area contributed by atoms with E-state index in [9.17, 15) is 4.79 Å². The van der Waals surface area contributed by atoms with Gasteiger partial charge in [0.05, 0.1) is 0 Å². The number of carbonyl (C=O) groups is 1. The summed E-state index contributed by atoms with van der Waals surface area (Å²) in [4.78, 5) is 14.8. The molecule has 0 aromatic heterocycles. The number of esters is 1. The molecule has 0 bridgehead atoms. The van der Waals surface area contributed by atoms with Crippen molar-refractivity contribution in [3.63, 3.8) is 0 Å². The van der Waals surface area contributed by atoms with E-state index in [0.717, 1.165) is 25.7 Å². The first kappa shape index (κ1) is 31.6. The lowest BCUT2D eigenvalue weighted by Crippen LogP contribution is -2.41. The smallest absolute Gasteiger partial charge is 0.324 e. The van der Waals surface area contributed by atoms with Crippen LogP contribution in [0.5, 0.6) is 0 Å². The maximum atomic E-state index is 12.8. The van der Waals surface area contributed by atoms with E-state index in [1.807, 2.05) is 25.9 Å². The van der Waals surface area contributed by atoms with E-state index in [-0.39, 0.29) is 29.0 Å². The van der Waals surface area contributed by atoms with E-state index in [1.165, 1.54) is 63.4 Å². The number of ether oxygens (including phenoxy) is 1. The van der Waals surface area contributed by atoms with Crippen molar-refractivity contribution in [1.82, 2.24) is 4.90 Å². The highest BCUT2D eigenvalue weighted by atomic mass is 79.9.